The highest BCUT2D eigenvalue weighted by molar-refractivity contribution is 5.73. The number of hydrogen-bond donors (Lipinski definition) is 3. The van der Waals surface area contributed by atoms with Gasteiger partial charge in [0.1, 0.15) is 17.0 Å². The highest BCUT2D eigenvalue weighted by Gasteiger charge is 2.28. The summed E-state index contributed by atoms with van der Waals surface area (Å²) in [6.07, 6.45) is 6.18. The summed E-state index contributed by atoms with van der Waals surface area (Å²) in [5.74, 6) is -0.814. The van der Waals surface area contributed by atoms with Crippen LogP contribution in [0.4, 0.5) is 25.8 Å². The van der Waals surface area contributed by atoms with E-state index >= 15 is 0 Å². The van der Waals surface area contributed by atoms with Crippen molar-refractivity contribution in [2.75, 3.05) is 41.9 Å². The SMILES string of the molecule is C=C1C(N2CCCC(c3cccc(NNc4c(F)cc(F)cc4N4CCCC4)c3)C2)=c2cc[nH]c2=NC1C. The number of anilines is 3. The Morgan fingerprint density at radius 1 is 1.00 bits per heavy atom. The van der Waals surface area contributed by atoms with Crippen molar-refractivity contribution < 1.29 is 8.78 Å². The molecule has 1 aromatic heterocycles. The number of piperidine rings is 1. The Bertz CT molecular complexity index is 1470. The van der Waals surface area contributed by atoms with Gasteiger partial charge in [0.2, 0.25) is 0 Å². The molecular weight excluding hydrogens is 482 g/mol. The molecule has 2 atom stereocenters. The van der Waals surface area contributed by atoms with E-state index in [9.17, 15) is 8.78 Å². The highest BCUT2D eigenvalue weighted by atomic mass is 19.1. The summed E-state index contributed by atoms with van der Waals surface area (Å²) in [6.45, 7) is 9.96. The maximum absolute atomic E-state index is 14.8. The number of hydrogen-bond acceptors (Lipinski definition) is 5. The van der Waals surface area contributed by atoms with Crippen molar-refractivity contribution in [3.8, 4) is 0 Å². The molecule has 0 spiro atoms. The van der Waals surface area contributed by atoms with Gasteiger partial charge in [0.25, 0.3) is 0 Å². The molecule has 3 aliphatic heterocycles. The number of nitrogens with one attached hydrogen (secondary N) is 3. The first-order chi connectivity index (χ1) is 18.5. The van der Waals surface area contributed by atoms with Crippen molar-refractivity contribution in [1.82, 2.24) is 9.88 Å². The zero-order chi connectivity index (χ0) is 26.2. The Hall–Kier alpha value is -3.81. The minimum atomic E-state index is -0.603. The molecule has 0 radical (unpaired) electrons. The Kier molecular flexibility index (Phi) is 6.55. The van der Waals surface area contributed by atoms with Crippen molar-refractivity contribution in [2.45, 2.75) is 44.6 Å². The van der Waals surface area contributed by atoms with Crippen LogP contribution < -0.4 is 26.5 Å². The molecule has 6 rings (SSSR count). The average Bonchev–Trinajstić information content (AvgIpc) is 3.61. The lowest BCUT2D eigenvalue weighted by Crippen LogP contribution is -2.43. The van der Waals surface area contributed by atoms with Crippen molar-refractivity contribution in [3.63, 3.8) is 0 Å². The van der Waals surface area contributed by atoms with Crippen LogP contribution in [0.15, 0.2) is 65.8 Å². The number of H-pyrrole nitrogens is 1. The topological polar surface area (TPSA) is 58.7 Å². The highest BCUT2D eigenvalue weighted by Crippen LogP contribution is 2.34. The monoisotopic (exact) mass is 516 g/mol. The summed E-state index contributed by atoms with van der Waals surface area (Å²) in [5, 5.41) is 1.13. The first kappa shape index (κ1) is 24.5. The number of benzene rings is 2. The summed E-state index contributed by atoms with van der Waals surface area (Å²) in [7, 11) is 0. The molecule has 2 saturated heterocycles. The van der Waals surface area contributed by atoms with Gasteiger partial charge in [-0.1, -0.05) is 18.7 Å². The van der Waals surface area contributed by atoms with Crippen molar-refractivity contribution in [2.24, 2.45) is 4.99 Å². The van der Waals surface area contributed by atoms with Gasteiger partial charge >= 0.3 is 0 Å². The standard InChI is InChI=1S/C30H34F2N6/c1-19-20(2)34-30-25(10-11-33-30)29(19)38-14-6-8-22(18-38)21-7-5-9-24(15-21)35-36-28-26(32)16-23(31)17-27(28)37-12-3-4-13-37/h5,7,9-11,15-17,20,22,35-36H,1,3-4,6,8,12-14,18H2,2H3,(H,33,34). The molecule has 0 amide bonds. The van der Waals surface area contributed by atoms with E-state index in [1.54, 1.807) is 0 Å². The Morgan fingerprint density at radius 3 is 2.66 bits per heavy atom. The third-order valence-electron chi connectivity index (χ3n) is 8.02. The van der Waals surface area contributed by atoms with E-state index in [0.29, 0.717) is 11.6 Å². The van der Waals surface area contributed by atoms with Gasteiger partial charge in [0.05, 0.1) is 23.1 Å². The number of halogens is 2. The molecule has 0 aliphatic carbocycles. The molecule has 0 saturated carbocycles. The minimum Gasteiger partial charge on any atom is -0.370 e. The van der Waals surface area contributed by atoms with Crippen LogP contribution in [-0.2, 0) is 0 Å². The van der Waals surface area contributed by atoms with Crippen LogP contribution in [0.5, 0.6) is 0 Å². The Labute approximate surface area is 221 Å². The normalized spacial score (nSPS) is 21.3. The lowest BCUT2D eigenvalue weighted by molar-refractivity contribution is 0.291. The molecule has 0 bridgehead atoms. The molecule has 6 nitrogen and oxygen atoms in total. The molecule has 38 heavy (non-hydrogen) atoms. The molecule has 2 aromatic carbocycles. The van der Waals surface area contributed by atoms with Gasteiger partial charge in [0, 0.05) is 49.6 Å². The second-order valence-corrected chi connectivity index (χ2v) is 10.6. The van der Waals surface area contributed by atoms with Crippen molar-refractivity contribution in [1.29, 1.82) is 0 Å². The van der Waals surface area contributed by atoms with E-state index in [4.69, 9.17) is 4.99 Å². The van der Waals surface area contributed by atoms with Gasteiger partial charge < -0.3 is 20.2 Å². The Balaban J connectivity index is 1.21. The molecule has 8 heteroatoms. The van der Waals surface area contributed by atoms with Crippen LogP contribution >= 0.6 is 0 Å². The minimum absolute atomic E-state index is 0.0486. The average molecular weight is 517 g/mol. The number of aromatic nitrogens is 1. The predicted molar refractivity (Wildman–Crippen MR) is 149 cm³/mol. The number of aromatic amines is 1. The fraction of sp³-hybridized carbons (Fsp3) is 0.367. The largest absolute Gasteiger partial charge is 0.370 e. The molecule has 3 aliphatic rings. The van der Waals surface area contributed by atoms with Gasteiger partial charge in [0.15, 0.2) is 5.82 Å². The number of nitrogens with zero attached hydrogens (tertiary/aromatic N) is 3. The van der Waals surface area contributed by atoms with Crippen LogP contribution in [0.2, 0.25) is 0 Å². The summed E-state index contributed by atoms with van der Waals surface area (Å²) in [5.41, 5.74) is 12.3. The smallest absolute Gasteiger partial charge is 0.153 e. The molecule has 2 unspecified atom stereocenters. The number of likely N-dealkylation sites (tertiary alicyclic amines) is 1. The van der Waals surface area contributed by atoms with Crippen molar-refractivity contribution in [3.05, 3.63) is 88.7 Å². The number of rotatable bonds is 6. The molecule has 198 valence electrons. The quantitative estimate of drug-likeness (QED) is 0.408. The van der Waals surface area contributed by atoms with E-state index in [1.165, 1.54) is 17.3 Å². The first-order valence-corrected chi connectivity index (χ1v) is 13.5. The van der Waals surface area contributed by atoms with Crippen LogP contribution in [-0.4, -0.2) is 42.1 Å². The zero-order valence-corrected chi connectivity index (χ0v) is 21.7. The van der Waals surface area contributed by atoms with Crippen LogP contribution in [0.25, 0.3) is 5.70 Å². The summed E-state index contributed by atoms with van der Waals surface area (Å²) < 4.78 is 28.8. The maximum Gasteiger partial charge on any atom is 0.153 e. The van der Waals surface area contributed by atoms with E-state index < -0.39 is 11.6 Å². The summed E-state index contributed by atoms with van der Waals surface area (Å²) >= 11 is 0. The van der Waals surface area contributed by atoms with Crippen LogP contribution in [0.1, 0.15) is 44.1 Å². The van der Waals surface area contributed by atoms with Crippen molar-refractivity contribution >= 4 is 22.8 Å². The lowest BCUT2D eigenvalue weighted by Gasteiger charge is -2.38. The number of hydrazine groups is 1. The lowest BCUT2D eigenvalue weighted by atomic mass is 9.89. The van der Waals surface area contributed by atoms with Gasteiger partial charge in [-0.3, -0.25) is 10.4 Å². The zero-order valence-electron chi connectivity index (χ0n) is 21.7. The van der Waals surface area contributed by atoms with Gasteiger partial charge in [-0.15, -0.1) is 0 Å². The predicted octanol–water partition coefficient (Wildman–Crippen LogP) is 4.90. The molecule has 3 N–H and O–H groups in total. The van der Waals surface area contributed by atoms with Crippen LogP contribution in [0.3, 0.4) is 0 Å². The van der Waals surface area contributed by atoms with E-state index in [2.05, 4.69) is 52.4 Å². The van der Waals surface area contributed by atoms with E-state index in [1.807, 2.05) is 23.2 Å². The second-order valence-electron chi connectivity index (χ2n) is 10.6. The first-order valence-electron chi connectivity index (χ1n) is 13.5. The van der Waals surface area contributed by atoms with E-state index in [-0.39, 0.29) is 11.7 Å². The third kappa shape index (κ3) is 4.64. The molecular formula is C30H34F2N6. The van der Waals surface area contributed by atoms with Crippen LogP contribution in [0, 0.1) is 11.6 Å². The Morgan fingerprint density at radius 2 is 1.82 bits per heavy atom. The molecule has 3 aromatic rings. The summed E-state index contributed by atoms with van der Waals surface area (Å²) in [4.78, 5) is 12.5. The van der Waals surface area contributed by atoms with E-state index in [0.717, 1.165) is 79.9 Å². The fourth-order valence-electron chi connectivity index (χ4n) is 6.02. The third-order valence-corrected chi connectivity index (χ3v) is 8.02. The van der Waals surface area contributed by atoms with Gasteiger partial charge in [-0.05, 0) is 68.0 Å². The maximum atomic E-state index is 14.8. The summed E-state index contributed by atoms with van der Waals surface area (Å²) in [6, 6.07) is 12.7. The van der Waals surface area contributed by atoms with Gasteiger partial charge in [-0.2, -0.15) is 0 Å². The van der Waals surface area contributed by atoms with Gasteiger partial charge in [-0.25, -0.2) is 8.78 Å². The second kappa shape index (κ2) is 10.2. The molecule has 2 fully saturated rings. The molecule has 4 heterocycles. The fourth-order valence-corrected chi connectivity index (χ4v) is 6.02. The number of fused-ring (bicyclic) bond motifs is 1.